The van der Waals surface area contributed by atoms with Crippen molar-refractivity contribution < 1.29 is 10.0 Å². The number of carbonyl (C=O) groups excluding carboxylic acids is 1. The highest BCUT2D eigenvalue weighted by molar-refractivity contribution is 6.44. The number of rotatable bonds is 3. The minimum absolute atomic E-state index is 0.0642. The van der Waals surface area contributed by atoms with Gasteiger partial charge in [-0.1, -0.05) is 47.3 Å². The molecule has 1 saturated carbocycles. The summed E-state index contributed by atoms with van der Waals surface area (Å²) in [4.78, 5) is 12.5. The number of hydrogen-bond donors (Lipinski definition) is 3. The second-order valence-corrected chi connectivity index (χ2v) is 5.62. The molecule has 1 fully saturated rings. The lowest BCUT2D eigenvalue weighted by atomic mass is 9.83. The Bertz CT molecular complexity index is 555. The highest BCUT2D eigenvalue weighted by Gasteiger charge is 2.45. The van der Waals surface area contributed by atoms with Crippen LogP contribution in [0.4, 0.5) is 5.69 Å². The summed E-state index contributed by atoms with van der Waals surface area (Å²) in [5, 5.41) is 15.3. The van der Waals surface area contributed by atoms with Gasteiger partial charge in [0.2, 0.25) is 5.91 Å². The third-order valence-electron chi connectivity index (χ3n) is 3.69. The third-order valence-corrected chi connectivity index (χ3v) is 4.51. The summed E-state index contributed by atoms with van der Waals surface area (Å²) >= 11 is 12.0. The van der Waals surface area contributed by atoms with Crippen molar-refractivity contribution >= 4 is 40.6 Å². The van der Waals surface area contributed by atoms with E-state index in [1.165, 1.54) is 0 Å². The summed E-state index contributed by atoms with van der Waals surface area (Å²) < 4.78 is 0. The Labute approximate surface area is 126 Å². The van der Waals surface area contributed by atoms with Crippen molar-refractivity contribution in [2.45, 2.75) is 25.7 Å². The summed E-state index contributed by atoms with van der Waals surface area (Å²) in [5.74, 6) is -0.389. The van der Waals surface area contributed by atoms with Crippen molar-refractivity contribution in [3.63, 3.8) is 0 Å². The van der Waals surface area contributed by atoms with Crippen LogP contribution in [0.15, 0.2) is 23.4 Å². The van der Waals surface area contributed by atoms with Crippen LogP contribution in [0.2, 0.25) is 10.0 Å². The molecule has 0 radical (unpaired) electrons. The number of amides is 1. The van der Waals surface area contributed by atoms with Crippen LogP contribution in [0.1, 0.15) is 25.7 Å². The van der Waals surface area contributed by atoms with E-state index in [0.717, 1.165) is 12.8 Å². The Balaban J connectivity index is 2.28. The Morgan fingerprint density at radius 2 is 2.00 bits per heavy atom. The van der Waals surface area contributed by atoms with Crippen molar-refractivity contribution in [3.05, 3.63) is 28.2 Å². The zero-order valence-electron chi connectivity index (χ0n) is 10.7. The average Bonchev–Trinajstić information content (AvgIpc) is 2.93. The Morgan fingerprint density at radius 3 is 2.60 bits per heavy atom. The lowest BCUT2D eigenvalue weighted by molar-refractivity contribution is -0.122. The SMILES string of the molecule is NC(=NO)C1(C(=O)Nc2cccc(Cl)c2Cl)CCCC1. The second-order valence-electron chi connectivity index (χ2n) is 4.83. The van der Waals surface area contributed by atoms with Gasteiger partial charge in [-0.3, -0.25) is 4.79 Å². The smallest absolute Gasteiger partial charge is 0.238 e. The summed E-state index contributed by atoms with van der Waals surface area (Å²) in [7, 11) is 0. The minimum atomic E-state index is -0.972. The predicted molar refractivity (Wildman–Crippen MR) is 79.4 cm³/mol. The predicted octanol–water partition coefficient (Wildman–Crippen LogP) is 3.24. The van der Waals surface area contributed by atoms with Crippen LogP contribution in [0.25, 0.3) is 0 Å². The van der Waals surface area contributed by atoms with Gasteiger partial charge in [0, 0.05) is 0 Å². The Kier molecular flexibility index (Phi) is 4.40. The van der Waals surface area contributed by atoms with E-state index in [9.17, 15) is 4.79 Å². The second kappa shape index (κ2) is 5.89. The van der Waals surface area contributed by atoms with Crippen LogP contribution < -0.4 is 11.1 Å². The van der Waals surface area contributed by atoms with E-state index in [-0.39, 0.29) is 16.8 Å². The zero-order valence-corrected chi connectivity index (χ0v) is 12.2. The lowest BCUT2D eigenvalue weighted by Crippen LogP contribution is -2.45. The highest BCUT2D eigenvalue weighted by Crippen LogP contribution is 2.40. The summed E-state index contributed by atoms with van der Waals surface area (Å²) in [6.07, 6.45) is 2.81. The monoisotopic (exact) mass is 315 g/mol. The standard InChI is InChI=1S/C13H15Cl2N3O2/c14-8-4-3-5-9(10(8)15)17-12(19)13(11(16)18-20)6-1-2-7-13/h3-5,20H,1-2,6-7H2,(H2,16,18)(H,17,19). The fourth-order valence-corrected chi connectivity index (χ4v) is 2.86. The first-order chi connectivity index (χ1) is 9.51. The molecule has 108 valence electrons. The third kappa shape index (κ3) is 2.55. The zero-order chi connectivity index (χ0) is 14.8. The van der Waals surface area contributed by atoms with Crippen molar-refractivity contribution in [3.8, 4) is 0 Å². The molecule has 0 aromatic heterocycles. The van der Waals surface area contributed by atoms with Crippen molar-refractivity contribution in [1.82, 2.24) is 0 Å². The number of anilines is 1. The van der Waals surface area contributed by atoms with E-state index in [0.29, 0.717) is 23.6 Å². The summed E-state index contributed by atoms with van der Waals surface area (Å²) in [6, 6.07) is 4.98. The highest BCUT2D eigenvalue weighted by atomic mass is 35.5. The number of nitrogens with one attached hydrogen (secondary N) is 1. The molecule has 0 aliphatic heterocycles. The maximum absolute atomic E-state index is 12.5. The molecular weight excluding hydrogens is 301 g/mol. The van der Waals surface area contributed by atoms with E-state index in [1.807, 2.05) is 0 Å². The van der Waals surface area contributed by atoms with Gasteiger partial charge in [0.05, 0.1) is 15.7 Å². The molecule has 5 nitrogen and oxygen atoms in total. The van der Waals surface area contributed by atoms with Gasteiger partial charge in [-0.2, -0.15) is 0 Å². The number of halogens is 2. The summed E-state index contributed by atoms with van der Waals surface area (Å²) in [5.41, 5.74) is 5.16. The van der Waals surface area contributed by atoms with Crippen molar-refractivity contribution in [2.75, 3.05) is 5.32 Å². The molecule has 1 aromatic carbocycles. The first-order valence-electron chi connectivity index (χ1n) is 6.25. The number of oxime groups is 1. The normalized spacial score (nSPS) is 18.0. The molecule has 1 aliphatic carbocycles. The van der Waals surface area contributed by atoms with Crippen molar-refractivity contribution in [2.24, 2.45) is 16.3 Å². The van der Waals surface area contributed by atoms with Gasteiger partial charge in [-0.15, -0.1) is 0 Å². The van der Waals surface area contributed by atoms with Crippen LogP contribution in [-0.2, 0) is 4.79 Å². The number of nitrogens with two attached hydrogens (primary N) is 1. The van der Waals surface area contributed by atoms with E-state index >= 15 is 0 Å². The molecule has 0 unspecified atom stereocenters. The minimum Gasteiger partial charge on any atom is -0.409 e. The number of benzene rings is 1. The fourth-order valence-electron chi connectivity index (χ4n) is 2.52. The van der Waals surface area contributed by atoms with Crippen LogP contribution in [-0.4, -0.2) is 17.0 Å². The molecule has 7 heteroatoms. The van der Waals surface area contributed by atoms with Gasteiger partial charge in [0.15, 0.2) is 5.84 Å². The number of amidine groups is 1. The topological polar surface area (TPSA) is 87.7 Å². The van der Waals surface area contributed by atoms with Crippen LogP contribution >= 0.6 is 23.2 Å². The van der Waals surface area contributed by atoms with Gasteiger partial charge >= 0.3 is 0 Å². The molecular formula is C13H15Cl2N3O2. The van der Waals surface area contributed by atoms with Gasteiger partial charge in [-0.05, 0) is 25.0 Å². The molecule has 0 spiro atoms. The van der Waals surface area contributed by atoms with Crippen LogP contribution in [0.5, 0.6) is 0 Å². The molecule has 20 heavy (non-hydrogen) atoms. The quantitative estimate of drug-likeness (QED) is 0.346. The molecule has 0 bridgehead atoms. The maximum Gasteiger partial charge on any atom is 0.238 e. The Morgan fingerprint density at radius 1 is 1.35 bits per heavy atom. The molecule has 0 saturated heterocycles. The van der Waals surface area contributed by atoms with Gasteiger partial charge in [0.1, 0.15) is 5.41 Å². The molecule has 0 atom stereocenters. The fraction of sp³-hybridized carbons (Fsp3) is 0.385. The molecule has 1 aromatic rings. The molecule has 2 rings (SSSR count). The number of nitrogens with zero attached hydrogens (tertiary/aromatic N) is 1. The average molecular weight is 316 g/mol. The van der Waals surface area contributed by atoms with Crippen molar-refractivity contribution in [1.29, 1.82) is 0 Å². The van der Waals surface area contributed by atoms with Crippen LogP contribution in [0, 0.1) is 5.41 Å². The van der Waals surface area contributed by atoms with Gasteiger partial charge in [0.25, 0.3) is 0 Å². The van der Waals surface area contributed by atoms with E-state index < -0.39 is 5.41 Å². The first-order valence-corrected chi connectivity index (χ1v) is 7.00. The first kappa shape index (κ1) is 14.9. The largest absolute Gasteiger partial charge is 0.409 e. The van der Waals surface area contributed by atoms with E-state index in [2.05, 4.69) is 10.5 Å². The number of hydrogen-bond acceptors (Lipinski definition) is 3. The number of carbonyl (C=O) groups is 1. The van der Waals surface area contributed by atoms with Gasteiger partial charge < -0.3 is 16.3 Å². The Hall–Kier alpha value is -1.46. The molecule has 1 amide bonds. The van der Waals surface area contributed by atoms with Gasteiger partial charge in [-0.25, -0.2) is 0 Å². The molecule has 0 heterocycles. The molecule has 1 aliphatic rings. The summed E-state index contributed by atoms with van der Waals surface area (Å²) in [6.45, 7) is 0. The van der Waals surface area contributed by atoms with E-state index in [4.69, 9.17) is 34.1 Å². The molecule has 4 N–H and O–H groups in total. The lowest BCUT2D eigenvalue weighted by Gasteiger charge is -2.26. The van der Waals surface area contributed by atoms with E-state index in [1.54, 1.807) is 18.2 Å². The van der Waals surface area contributed by atoms with Crippen LogP contribution in [0.3, 0.4) is 0 Å². The maximum atomic E-state index is 12.5.